The van der Waals surface area contributed by atoms with Crippen LogP contribution in [0.2, 0.25) is 5.02 Å². The van der Waals surface area contributed by atoms with Gasteiger partial charge in [0.05, 0.1) is 47.8 Å². The first-order valence-corrected chi connectivity index (χ1v) is 12.1. The van der Waals surface area contributed by atoms with E-state index >= 15 is 0 Å². The summed E-state index contributed by atoms with van der Waals surface area (Å²) < 4.78 is 31.5. The van der Waals surface area contributed by atoms with Gasteiger partial charge in [-0.3, -0.25) is 19.3 Å². The summed E-state index contributed by atoms with van der Waals surface area (Å²) in [7, 11) is -2.42. The van der Waals surface area contributed by atoms with Gasteiger partial charge in [-0.05, 0) is 38.3 Å². The topological polar surface area (TPSA) is 144 Å². The summed E-state index contributed by atoms with van der Waals surface area (Å²) >= 11 is 6.02. The number of aromatic hydroxyl groups is 1. The van der Waals surface area contributed by atoms with Gasteiger partial charge in [0, 0.05) is 0 Å². The van der Waals surface area contributed by atoms with Crippen LogP contribution in [0.1, 0.15) is 33.1 Å². The Labute approximate surface area is 195 Å². The highest BCUT2D eigenvalue weighted by molar-refractivity contribution is 7.89. The molecule has 13 heteroatoms. The van der Waals surface area contributed by atoms with Crippen LogP contribution in [-0.4, -0.2) is 50.6 Å². The molecule has 3 atom stereocenters. The maximum absolute atomic E-state index is 12.7. The van der Waals surface area contributed by atoms with Gasteiger partial charge in [-0.25, -0.2) is 8.42 Å². The number of phenolic OH excluding ortho intramolecular Hbond substituents is 1. The number of hydrogen-bond acceptors (Lipinski definition) is 10. The minimum atomic E-state index is -4.52. The predicted octanol–water partition coefficient (Wildman–Crippen LogP) is 2.26. The molecule has 0 amide bonds. The van der Waals surface area contributed by atoms with Gasteiger partial charge in [0.25, 0.3) is 20.9 Å². The summed E-state index contributed by atoms with van der Waals surface area (Å²) in [5, 5.41) is 16.1. The molecule has 2 aromatic carbocycles. The number of halogens is 1. The van der Waals surface area contributed by atoms with Crippen LogP contribution < -0.4 is 21.5 Å². The molecule has 1 fully saturated rings. The number of ether oxygens (including phenoxy) is 1. The van der Waals surface area contributed by atoms with Gasteiger partial charge in [0.15, 0.2) is 5.75 Å². The van der Waals surface area contributed by atoms with E-state index in [0.717, 1.165) is 27.1 Å². The number of phenols is 1. The third-order valence-corrected chi connectivity index (χ3v) is 7.54. The Morgan fingerprint density at radius 1 is 1.21 bits per heavy atom. The number of sulfonamides is 1. The second kappa shape index (κ2) is 9.95. The van der Waals surface area contributed by atoms with Gasteiger partial charge in [-0.2, -0.15) is 0 Å². The van der Waals surface area contributed by atoms with E-state index in [0.29, 0.717) is 6.42 Å². The summed E-state index contributed by atoms with van der Waals surface area (Å²) in [4.78, 5) is 33.1. The molecule has 33 heavy (non-hydrogen) atoms. The van der Waals surface area contributed by atoms with Gasteiger partial charge in [-0.1, -0.05) is 18.5 Å². The first-order valence-electron chi connectivity index (χ1n) is 10.2. The molecule has 0 saturated carbocycles. The van der Waals surface area contributed by atoms with Gasteiger partial charge in [-0.15, -0.1) is 0 Å². The molecular weight excluding hydrogens is 478 g/mol. The number of benzene rings is 1. The highest BCUT2D eigenvalue weighted by Gasteiger charge is 2.34. The Kier molecular flexibility index (Phi) is 7.66. The zero-order chi connectivity index (χ0) is 24.5. The Hall–Kier alpha value is -2.22. The molecule has 0 aliphatic carbocycles. The summed E-state index contributed by atoms with van der Waals surface area (Å²) in [6, 6.07) is 2.28. The van der Waals surface area contributed by atoms with Crippen LogP contribution in [0.3, 0.4) is 0 Å². The first kappa shape index (κ1) is 25.4. The minimum absolute atomic E-state index is 0.0455. The van der Waals surface area contributed by atoms with Crippen molar-refractivity contribution in [2.45, 2.75) is 56.3 Å². The van der Waals surface area contributed by atoms with E-state index in [1.54, 1.807) is 0 Å². The van der Waals surface area contributed by atoms with Crippen LogP contribution in [0.15, 0.2) is 26.6 Å². The average Bonchev–Trinajstić information content (AvgIpc) is 3.20. The molecule has 3 N–H and O–H groups in total. The van der Waals surface area contributed by atoms with Gasteiger partial charge < -0.3 is 20.5 Å². The predicted molar refractivity (Wildman–Crippen MR) is 122 cm³/mol. The van der Waals surface area contributed by atoms with E-state index in [-0.39, 0.29) is 45.0 Å². The van der Waals surface area contributed by atoms with Crippen LogP contribution in [-0.2, 0) is 24.4 Å². The molecule has 0 radical (unpaired) electrons. The fraction of sp³-hybridized carbons (Fsp3) is 0.500. The largest absolute Gasteiger partial charge is 0.504 e. The van der Waals surface area contributed by atoms with Crippen molar-refractivity contribution in [3.8, 4) is 5.75 Å². The summed E-state index contributed by atoms with van der Waals surface area (Å²) in [6.07, 6.45) is 2.36. The molecule has 182 valence electrons. The van der Waals surface area contributed by atoms with Crippen molar-refractivity contribution in [3.05, 3.63) is 37.6 Å². The molecule has 2 aromatic rings. The molecule has 0 bridgehead atoms. The lowest BCUT2D eigenvalue weighted by molar-refractivity contribution is -0.270. The highest BCUT2D eigenvalue weighted by atomic mass is 35.5. The van der Waals surface area contributed by atoms with E-state index in [4.69, 9.17) is 16.3 Å². The fourth-order valence-electron chi connectivity index (χ4n) is 3.79. The molecule has 1 aliphatic rings. The molecular formula is C20H26ClN3O8S. The minimum Gasteiger partial charge on any atom is -0.504 e. The Bertz CT molecular complexity index is 1190. The van der Waals surface area contributed by atoms with Crippen molar-refractivity contribution < 1.29 is 27.9 Å². The van der Waals surface area contributed by atoms with Crippen molar-refractivity contribution in [2.75, 3.05) is 24.9 Å². The van der Waals surface area contributed by atoms with Crippen LogP contribution >= 0.6 is 11.6 Å². The van der Waals surface area contributed by atoms with E-state index < -0.39 is 31.5 Å². The third kappa shape index (κ3) is 4.72. The number of nitrogens with zero attached hydrogens (tertiary/aromatic N) is 1. The second-order valence-electron chi connectivity index (χ2n) is 7.59. The van der Waals surface area contributed by atoms with Gasteiger partial charge >= 0.3 is 0 Å². The molecule has 1 heterocycles. The normalized spacial score (nSPS) is 19.8. The smallest absolute Gasteiger partial charge is 0.294 e. The molecule has 1 aliphatic heterocycles. The van der Waals surface area contributed by atoms with Gasteiger partial charge in [0.1, 0.15) is 16.3 Å². The first-order chi connectivity index (χ1) is 15.6. The third-order valence-electron chi connectivity index (χ3n) is 5.49. The number of rotatable bonds is 10. The quantitative estimate of drug-likeness (QED) is 0.251. The molecule has 11 nitrogen and oxygen atoms in total. The van der Waals surface area contributed by atoms with E-state index in [2.05, 4.69) is 20.3 Å². The van der Waals surface area contributed by atoms with Crippen molar-refractivity contribution in [1.82, 2.24) is 4.63 Å². The van der Waals surface area contributed by atoms with E-state index in [9.17, 15) is 23.1 Å². The monoisotopic (exact) mass is 503 g/mol. The maximum atomic E-state index is 12.7. The lowest BCUT2D eigenvalue weighted by Gasteiger charge is -2.26. The maximum Gasteiger partial charge on any atom is 0.294 e. The number of hydrogen-bond donors (Lipinski definition) is 3. The average molecular weight is 504 g/mol. The Morgan fingerprint density at radius 2 is 1.85 bits per heavy atom. The van der Waals surface area contributed by atoms with Crippen LogP contribution in [0.4, 0.5) is 17.1 Å². The van der Waals surface area contributed by atoms with Crippen molar-refractivity contribution in [3.63, 3.8) is 0 Å². The van der Waals surface area contributed by atoms with Crippen molar-refractivity contribution in [2.24, 2.45) is 0 Å². The highest BCUT2D eigenvalue weighted by Crippen LogP contribution is 2.40. The summed E-state index contributed by atoms with van der Waals surface area (Å²) in [5.41, 5.74) is -1.72. The van der Waals surface area contributed by atoms with Crippen molar-refractivity contribution in [1.29, 1.82) is 0 Å². The van der Waals surface area contributed by atoms with Crippen LogP contribution in [0, 0.1) is 0 Å². The summed E-state index contributed by atoms with van der Waals surface area (Å²) in [5.74, 6) is -0.777. The fourth-order valence-corrected chi connectivity index (χ4v) is 5.45. The molecule has 0 aromatic heterocycles. The van der Waals surface area contributed by atoms with Gasteiger partial charge in [0.2, 0.25) is 0 Å². The number of nitrogens with one attached hydrogen (secondary N) is 2. The molecule has 0 spiro atoms. The van der Waals surface area contributed by atoms with Crippen molar-refractivity contribution >= 4 is 38.7 Å². The standard InChI is InChI=1S/C20H26ClN3O8S/c1-5-12(14-9-6-10(2)32-14)22-15-16(19(27)18(15)26)23-13-8-7-11(21)20(17(13)25)33(28,29)24(30-3)31-4/h7-8,10,12,14,22-23,25H,5-6,9H2,1-4H3/t10-,12-,14-/m1/s1. The zero-order valence-electron chi connectivity index (χ0n) is 18.5. The molecule has 3 rings (SSSR count). The lowest BCUT2D eigenvalue weighted by Crippen LogP contribution is -2.42. The van der Waals surface area contributed by atoms with E-state index in [1.807, 2.05) is 13.8 Å². The van der Waals surface area contributed by atoms with Crippen LogP contribution in [0.25, 0.3) is 0 Å². The molecule has 1 saturated heterocycles. The Balaban J connectivity index is 1.93. The number of anilines is 3. The summed E-state index contributed by atoms with van der Waals surface area (Å²) in [6.45, 7) is 3.91. The molecule has 0 unspecified atom stereocenters. The lowest BCUT2D eigenvalue weighted by atomic mass is 10.0. The van der Waals surface area contributed by atoms with E-state index in [1.165, 1.54) is 12.1 Å². The second-order valence-corrected chi connectivity index (χ2v) is 9.66. The Morgan fingerprint density at radius 3 is 2.39 bits per heavy atom. The van der Waals surface area contributed by atoms with Crippen LogP contribution in [0.5, 0.6) is 5.75 Å². The zero-order valence-corrected chi connectivity index (χ0v) is 20.1. The SMILES string of the molecule is CC[C@@H](Nc1c(Nc2ccc(Cl)c(S(=O)(=O)N(OC)OC)c2O)c(=O)c1=O)[C@H]1CC[C@@H](C)O1.